The number of benzene rings is 1. The molecule has 0 saturated carbocycles. The summed E-state index contributed by atoms with van der Waals surface area (Å²) in [4.78, 5) is 26.0. The number of aromatic nitrogens is 6. The van der Waals surface area contributed by atoms with E-state index in [0.717, 1.165) is 66.5 Å². The molecular formula is C29H27F3N8O. The monoisotopic (exact) mass is 560 g/mol. The Morgan fingerprint density at radius 2 is 1.66 bits per heavy atom. The van der Waals surface area contributed by atoms with E-state index in [1.165, 1.54) is 15.3 Å². The van der Waals surface area contributed by atoms with Gasteiger partial charge in [-0.05, 0) is 48.9 Å². The molecule has 0 amide bonds. The van der Waals surface area contributed by atoms with Crippen LogP contribution < -0.4 is 10.6 Å². The van der Waals surface area contributed by atoms with Gasteiger partial charge < -0.3 is 9.80 Å². The Morgan fingerprint density at radius 1 is 0.902 bits per heavy atom. The fraction of sp³-hybridized carbons (Fsp3) is 0.276. The number of halogens is 3. The summed E-state index contributed by atoms with van der Waals surface area (Å²) in [5.74, 6) is 0.832. The summed E-state index contributed by atoms with van der Waals surface area (Å²) >= 11 is 0. The smallest absolute Gasteiger partial charge is 0.354 e. The van der Waals surface area contributed by atoms with Gasteiger partial charge in [-0.1, -0.05) is 35.9 Å². The zero-order chi connectivity index (χ0) is 28.7. The number of fused-ring (bicyclic) bond motifs is 1. The van der Waals surface area contributed by atoms with Gasteiger partial charge in [-0.2, -0.15) is 22.8 Å². The van der Waals surface area contributed by atoms with E-state index in [0.29, 0.717) is 16.8 Å². The van der Waals surface area contributed by atoms with Gasteiger partial charge in [-0.25, -0.2) is 14.5 Å². The molecular weight excluding hydrogens is 533 g/mol. The van der Waals surface area contributed by atoms with E-state index in [1.54, 1.807) is 12.4 Å². The van der Waals surface area contributed by atoms with Crippen molar-refractivity contribution < 1.29 is 13.2 Å². The summed E-state index contributed by atoms with van der Waals surface area (Å²) < 4.78 is 41.3. The lowest BCUT2D eigenvalue weighted by atomic mass is 9.97. The molecule has 0 unspecified atom stereocenters. The Balaban J connectivity index is 1.47. The van der Waals surface area contributed by atoms with Crippen molar-refractivity contribution in [2.24, 2.45) is 0 Å². The number of piperazine rings is 1. The Bertz CT molecular complexity index is 1750. The van der Waals surface area contributed by atoms with E-state index in [-0.39, 0.29) is 6.54 Å². The Labute approximate surface area is 233 Å². The first-order chi connectivity index (χ1) is 19.7. The molecule has 0 aliphatic carbocycles. The standard InChI is InChI=1S/C29H27F3N8O/c1-19-3-6-21(7-4-19)23-17-35-40-27(26(23)22-9-10-33-25(15-22)38-13-11-37(2)12-14-38)36-39(28(40)41)18-20-5-8-24(34-16-20)29(30,31)32/h3-10,15-17H,11-14,18H2,1-2H3. The molecule has 4 aromatic heterocycles. The average Bonchev–Trinajstić information content (AvgIpc) is 3.28. The van der Waals surface area contributed by atoms with Crippen LogP contribution in [0.1, 0.15) is 16.8 Å². The van der Waals surface area contributed by atoms with E-state index in [1.807, 2.05) is 43.3 Å². The summed E-state index contributed by atoms with van der Waals surface area (Å²) in [6, 6.07) is 14.1. The first-order valence-electron chi connectivity index (χ1n) is 13.2. The molecule has 1 aliphatic rings. The van der Waals surface area contributed by atoms with Crippen LogP contribution in [-0.4, -0.2) is 67.5 Å². The van der Waals surface area contributed by atoms with E-state index < -0.39 is 17.6 Å². The average molecular weight is 561 g/mol. The van der Waals surface area contributed by atoms with Gasteiger partial charge in [0.1, 0.15) is 11.5 Å². The maximum absolute atomic E-state index is 13.4. The zero-order valence-electron chi connectivity index (χ0n) is 22.5. The molecule has 0 spiro atoms. The Kier molecular flexibility index (Phi) is 6.78. The Morgan fingerprint density at radius 3 is 2.34 bits per heavy atom. The summed E-state index contributed by atoms with van der Waals surface area (Å²) in [5.41, 5.74) is 3.58. The zero-order valence-corrected chi connectivity index (χ0v) is 22.5. The minimum atomic E-state index is -4.54. The van der Waals surface area contributed by atoms with Crippen molar-refractivity contribution >= 4 is 11.5 Å². The molecule has 0 atom stereocenters. The third-order valence-corrected chi connectivity index (χ3v) is 7.28. The van der Waals surface area contributed by atoms with Crippen LogP contribution in [0, 0.1) is 6.92 Å². The van der Waals surface area contributed by atoms with E-state index in [9.17, 15) is 18.0 Å². The van der Waals surface area contributed by atoms with Crippen molar-refractivity contribution in [2.45, 2.75) is 19.6 Å². The third kappa shape index (κ3) is 5.30. The van der Waals surface area contributed by atoms with Crippen LogP contribution in [0.5, 0.6) is 0 Å². The minimum absolute atomic E-state index is 0.0600. The molecule has 1 aliphatic heterocycles. The van der Waals surface area contributed by atoms with Crippen molar-refractivity contribution in [3.05, 3.63) is 94.4 Å². The molecule has 41 heavy (non-hydrogen) atoms. The van der Waals surface area contributed by atoms with Gasteiger partial charge in [-0.3, -0.25) is 4.98 Å². The topological polar surface area (TPSA) is 84.5 Å². The first kappa shape index (κ1) is 26.6. The molecule has 1 fully saturated rings. The first-order valence-corrected chi connectivity index (χ1v) is 13.2. The lowest BCUT2D eigenvalue weighted by Gasteiger charge is -2.33. The van der Waals surface area contributed by atoms with Gasteiger partial charge in [0, 0.05) is 49.7 Å². The largest absolute Gasteiger partial charge is 0.433 e. The van der Waals surface area contributed by atoms with Crippen molar-refractivity contribution in [3.63, 3.8) is 0 Å². The van der Waals surface area contributed by atoms with Crippen LogP contribution in [0.2, 0.25) is 0 Å². The normalized spacial score (nSPS) is 14.6. The van der Waals surface area contributed by atoms with Crippen molar-refractivity contribution in [3.8, 4) is 22.3 Å². The predicted octanol–water partition coefficient (Wildman–Crippen LogP) is 4.14. The second kappa shape index (κ2) is 10.4. The number of likely N-dealkylation sites (N-methyl/N-ethyl adjacent to an activating group) is 1. The highest BCUT2D eigenvalue weighted by Gasteiger charge is 2.32. The highest BCUT2D eigenvalue weighted by molar-refractivity contribution is 5.91. The quantitative estimate of drug-likeness (QED) is 0.320. The number of anilines is 1. The molecule has 0 N–H and O–H groups in total. The van der Waals surface area contributed by atoms with Gasteiger partial charge in [0.25, 0.3) is 0 Å². The highest BCUT2D eigenvalue weighted by atomic mass is 19.4. The number of hydrogen-bond acceptors (Lipinski definition) is 7. The minimum Gasteiger partial charge on any atom is -0.354 e. The number of alkyl halides is 3. The molecule has 12 heteroatoms. The Hall–Kier alpha value is -4.58. The summed E-state index contributed by atoms with van der Waals surface area (Å²) in [5, 5.41) is 9.04. The fourth-order valence-corrected chi connectivity index (χ4v) is 4.94. The number of aryl methyl sites for hydroxylation is 1. The maximum Gasteiger partial charge on any atom is 0.433 e. The van der Waals surface area contributed by atoms with Crippen LogP contribution in [0.15, 0.2) is 71.9 Å². The molecule has 9 nitrogen and oxygen atoms in total. The molecule has 5 aromatic rings. The third-order valence-electron chi connectivity index (χ3n) is 7.28. The molecule has 6 rings (SSSR count). The lowest BCUT2D eigenvalue weighted by molar-refractivity contribution is -0.141. The molecule has 0 bridgehead atoms. The van der Waals surface area contributed by atoms with Gasteiger partial charge in [0.2, 0.25) is 0 Å². The molecule has 0 radical (unpaired) electrons. The van der Waals surface area contributed by atoms with Gasteiger partial charge >= 0.3 is 11.9 Å². The second-order valence-corrected chi connectivity index (χ2v) is 10.2. The highest BCUT2D eigenvalue weighted by Crippen LogP contribution is 2.35. The maximum atomic E-state index is 13.4. The van der Waals surface area contributed by atoms with Crippen molar-refractivity contribution in [1.29, 1.82) is 0 Å². The van der Waals surface area contributed by atoms with Gasteiger partial charge in [-0.15, -0.1) is 5.10 Å². The summed E-state index contributed by atoms with van der Waals surface area (Å²) in [6.07, 6.45) is -0.0361. The number of hydrogen-bond donors (Lipinski definition) is 0. The number of nitrogens with zero attached hydrogens (tertiary/aromatic N) is 8. The lowest BCUT2D eigenvalue weighted by Crippen LogP contribution is -2.44. The van der Waals surface area contributed by atoms with Crippen molar-refractivity contribution in [2.75, 3.05) is 38.1 Å². The second-order valence-electron chi connectivity index (χ2n) is 10.2. The molecule has 1 aromatic carbocycles. The fourth-order valence-electron chi connectivity index (χ4n) is 4.94. The summed E-state index contributed by atoms with van der Waals surface area (Å²) in [6.45, 7) is 5.50. The van der Waals surface area contributed by atoms with Crippen LogP contribution in [0.4, 0.5) is 19.0 Å². The van der Waals surface area contributed by atoms with Crippen LogP contribution in [0.25, 0.3) is 27.9 Å². The van der Waals surface area contributed by atoms with E-state index in [4.69, 9.17) is 0 Å². The predicted molar refractivity (Wildman–Crippen MR) is 149 cm³/mol. The number of pyridine rings is 2. The van der Waals surface area contributed by atoms with Crippen molar-refractivity contribution in [1.82, 2.24) is 34.3 Å². The summed E-state index contributed by atoms with van der Waals surface area (Å²) in [7, 11) is 2.09. The van der Waals surface area contributed by atoms with E-state index >= 15 is 0 Å². The molecule has 1 saturated heterocycles. The SMILES string of the molecule is Cc1ccc(-c2cnn3c(=O)n(Cc4ccc(C(F)(F)F)nc4)nc3c2-c2ccnc(N3CCN(C)CC3)c2)cc1. The van der Waals surface area contributed by atoms with Gasteiger partial charge in [0.05, 0.1) is 12.7 Å². The van der Waals surface area contributed by atoms with E-state index in [2.05, 4.69) is 37.0 Å². The van der Waals surface area contributed by atoms with Crippen LogP contribution >= 0.6 is 0 Å². The molecule has 210 valence electrons. The van der Waals surface area contributed by atoms with Crippen LogP contribution in [-0.2, 0) is 12.7 Å². The van der Waals surface area contributed by atoms with Crippen LogP contribution in [0.3, 0.4) is 0 Å². The molecule has 5 heterocycles. The number of rotatable bonds is 5. The van der Waals surface area contributed by atoms with Gasteiger partial charge in [0.15, 0.2) is 5.65 Å².